The highest BCUT2D eigenvalue weighted by molar-refractivity contribution is 5.73. The summed E-state index contributed by atoms with van der Waals surface area (Å²) in [5.74, 6) is 0.541. The first kappa shape index (κ1) is 10.1. The van der Waals surface area contributed by atoms with Gasteiger partial charge in [0, 0.05) is 37.8 Å². The molecule has 1 aliphatic rings. The third-order valence-electron chi connectivity index (χ3n) is 2.89. The molecule has 0 aliphatic carbocycles. The van der Waals surface area contributed by atoms with E-state index in [1.807, 2.05) is 11.0 Å². The van der Waals surface area contributed by atoms with Crippen molar-refractivity contribution >= 4 is 5.91 Å². The summed E-state index contributed by atoms with van der Waals surface area (Å²) in [6.45, 7) is 3.31. The third-order valence-corrected chi connectivity index (χ3v) is 2.89. The van der Waals surface area contributed by atoms with Crippen LogP contribution in [0.2, 0.25) is 0 Å². The fraction of sp³-hybridized carbons (Fsp3) is 0.545. The second kappa shape index (κ2) is 4.38. The molecule has 1 saturated heterocycles. The predicted molar refractivity (Wildman–Crippen MR) is 56.3 cm³/mol. The van der Waals surface area contributed by atoms with E-state index in [2.05, 4.69) is 9.97 Å². The second-order valence-electron chi connectivity index (χ2n) is 3.94. The van der Waals surface area contributed by atoms with Crippen LogP contribution in [0.4, 0.5) is 0 Å². The molecule has 4 heteroatoms. The van der Waals surface area contributed by atoms with Crippen molar-refractivity contribution < 1.29 is 4.79 Å². The number of aromatic nitrogens is 2. The van der Waals surface area contributed by atoms with Gasteiger partial charge in [-0.2, -0.15) is 0 Å². The summed E-state index contributed by atoms with van der Waals surface area (Å²) in [5, 5.41) is 0. The zero-order valence-corrected chi connectivity index (χ0v) is 8.89. The van der Waals surface area contributed by atoms with Crippen molar-refractivity contribution in [2.45, 2.75) is 25.7 Å². The number of hydrogen-bond acceptors (Lipinski definition) is 3. The first-order valence-electron chi connectivity index (χ1n) is 5.29. The van der Waals surface area contributed by atoms with Crippen molar-refractivity contribution in [2.75, 3.05) is 13.1 Å². The van der Waals surface area contributed by atoms with Crippen molar-refractivity contribution in [3.05, 3.63) is 24.3 Å². The maximum absolute atomic E-state index is 11.3. The van der Waals surface area contributed by atoms with E-state index in [4.69, 9.17) is 0 Å². The quantitative estimate of drug-likeness (QED) is 0.692. The molecule has 15 heavy (non-hydrogen) atoms. The Morgan fingerprint density at radius 2 is 2.47 bits per heavy atom. The van der Waals surface area contributed by atoms with Gasteiger partial charge >= 0.3 is 0 Å². The Kier molecular flexibility index (Phi) is 2.94. The van der Waals surface area contributed by atoms with E-state index in [9.17, 15) is 4.79 Å². The zero-order valence-electron chi connectivity index (χ0n) is 8.89. The van der Waals surface area contributed by atoms with Crippen molar-refractivity contribution in [1.82, 2.24) is 14.9 Å². The van der Waals surface area contributed by atoms with Crippen molar-refractivity contribution in [3.8, 4) is 0 Å². The summed E-state index contributed by atoms with van der Waals surface area (Å²) in [6, 6.07) is 1.94. The smallest absolute Gasteiger partial charge is 0.219 e. The Morgan fingerprint density at radius 1 is 1.60 bits per heavy atom. The van der Waals surface area contributed by atoms with Crippen LogP contribution in [0.1, 0.15) is 31.4 Å². The molecule has 2 heterocycles. The Morgan fingerprint density at radius 3 is 3.13 bits per heavy atom. The highest BCUT2D eigenvalue weighted by atomic mass is 16.2. The molecule has 0 spiro atoms. The number of likely N-dealkylation sites (tertiary alicyclic amines) is 1. The Hall–Kier alpha value is -1.45. The minimum atomic E-state index is 0.161. The van der Waals surface area contributed by atoms with Crippen molar-refractivity contribution in [1.29, 1.82) is 0 Å². The topological polar surface area (TPSA) is 46.1 Å². The molecular formula is C11H15N3O. The van der Waals surface area contributed by atoms with Crippen LogP contribution in [0, 0.1) is 0 Å². The Balaban J connectivity index is 2.08. The van der Waals surface area contributed by atoms with Gasteiger partial charge in [0.05, 0.1) is 0 Å². The van der Waals surface area contributed by atoms with E-state index >= 15 is 0 Å². The van der Waals surface area contributed by atoms with E-state index in [1.54, 1.807) is 19.4 Å². The summed E-state index contributed by atoms with van der Waals surface area (Å²) in [7, 11) is 0. The van der Waals surface area contributed by atoms with E-state index in [-0.39, 0.29) is 5.91 Å². The number of nitrogens with zero attached hydrogens (tertiary/aromatic N) is 3. The zero-order chi connectivity index (χ0) is 10.7. The van der Waals surface area contributed by atoms with Gasteiger partial charge in [0.25, 0.3) is 0 Å². The van der Waals surface area contributed by atoms with Gasteiger partial charge < -0.3 is 4.90 Å². The molecule has 1 aromatic rings. The molecule has 1 aromatic heterocycles. The van der Waals surface area contributed by atoms with E-state index < -0.39 is 0 Å². The number of hydrogen-bond donors (Lipinski definition) is 0. The van der Waals surface area contributed by atoms with Crippen LogP contribution in [0.15, 0.2) is 18.6 Å². The number of amides is 1. The molecule has 1 amide bonds. The Labute approximate surface area is 89.3 Å². The van der Waals surface area contributed by atoms with Gasteiger partial charge in [-0.05, 0) is 18.9 Å². The molecule has 1 fully saturated rings. The summed E-state index contributed by atoms with van der Waals surface area (Å²) in [4.78, 5) is 21.3. The average molecular weight is 205 g/mol. The molecule has 0 radical (unpaired) electrons. The van der Waals surface area contributed by atoms with Crippen LogP contribution in [-0.2, 0) is 4.79 Å². The second-order valence-corrected chi connectivity index (χ2v) is 3.94. The highest BCUT2D eigenvalue weighted by Crippen LogP contribution is 2.24. The van der Waals surface area contributed by atoms with Crippen LogP contribution < -0.4 is 0 Å². The predicted octanol–water partition coefficient (Wildman–Crippen LogP) is 1.20. The first-order valence-corrected chi connectivity index (χ1v) is 5.29. The van der Waals surface area contributed by atoms with Gasteiger partial charge in [-0.3, -0.25) is 4.79 Å². The van der Waals surface area contributed by atoms with Crippen LogP contribution in [0.25, 0.3) is 0 Å². The van der Waals surface area contributed by atoms with Crippen LogP contribution in [0.5, 0.6) is 0 Å². The fourth-order valence-electron chi connectivity index (χ4n) is 2.05. The minimum Gasteiger partial charge on any atom is -0.342 e. The number of rotatable bonds is 1. The van der Waals surface area contributed by atoms with Crippen molar-refractivity contribution in [3.63, 3.8) is 0 Å². The molecule has 0 saturated carbocycles. The normalized spacial score (nSPS) is 21.4. The van der Waals surface area contributed by atoms with Gasteiger partial charge in [-0.1, -0.05) is 0 Å². The van der Waals surface area contributed by atoms with Crippen molar-refractivity contribution in [2.24, 2.45) is 0 Å². The maximum Gasteiger partial charge on any atom is 0.219 e. The summed E-state index contributed by atoms with van der Waals surface area (Å²) >= 11 is 0. The van der Waals surface area contributed by atoms with Gasteiger partial charge in [-0.25, -0.2) is 9.97 Å². The minimum absolute atomic E-state index is 0.161. The summed E-state index contributed by atoms with van der Waals surface area (Å²) in [6.07, 6.45) is 5.51. The fourth-order valence-corrected chi connectivity index (χ4v) is 2.05. The van der Waals surface area contributed by atoms with E-state index in [1.165, 1.54) is 0 Å². The molecule has 1 aliphatic heterocycles. The number of carbonyl (C=O) groups is 1. The SMILES string of the molecule is CC(=O)N1CCC[C@@H](c2ccncn2)C1. The highest BCUT2D eigenvalue weighted by Gasteiger charge is 2.23. The summed E-state index contributed by atoms with van der Waals surface area (Å²) < 4.78 is 0. The third kappa shape index (κ3) is 2.32. The standard InChI is InChI=1S/C11H15N3O/c1-9(15)14-6-2-3-10(7-14)11-4-5-12-8-13-11/h4-5,8,10H,2-3,6-7H2,1H3/t10-/m1/s1. The number of carbonyl (C=O) groups excluding carboxylic acids is 1. The van der Waals surface area contributed by atoms with Crippen LogP contribution in [0.3, 0.4) is 0 Å². The Bertz CT molecular complexity index is 339. The molecule has 2 rings (SSSR count). The lowest BCUT2D eigenvalue weighted by Crippen LogP contribution is -2.37. The lowest BCUT2D eigenvalue weighted by molar-refractivity contribution is -0.130. The molecule has 4 nitrogen and oxygen atoms in total. The molecule has 0 aromatic carbocycles. The van der Waals surface area contributed by atoms with E-state index in [0.717, 1.165) is 31.6 Å². The largest absolute Gasteiger partial charge is 0.342 e. The lowest BCUT2D eigenvalue weighted by Gasteiger charge is -2.31. The first-order chi connectivity index (χ1) is 7.27. The van der Waals surface area contributed by atoms with Gasteiger partial charge in [-0.15, -0.1) is 0 Å². The van der Waals surface area contributed by atoms with Gasteiger partial charge in [0.15, 0.2) is 0 Å². The molecule has 80 valence electrons. The summed E-state index contributed by atoms with van der Waals surface area (Å²) in [5.41, 5.74) is 1.05. The maximum atomic E-state index is 11.3. The average Bonchev–Trinajstić information content (AvgIpc) is 2.30. The monoisotopic (exact) mass is 205 g/mol. The molecule has 0 unspecified atom stereocenters. The number of piperidine rings is 1. The van der Waals surface area contributed by atoms with E-state index in [0.29, 0.717) is 5.92 Å². The molecule has 0 N–H and O–H groups in total. The molecule has 1 atom stereocenters. The molecular weight excluding hydrogens is 190 g/mol. The van der Waals surface area contributed by atoms with Crippen LogP contribution in [-0.4, -0.2) is 33.9 Å². The lowest BCUT2D eigenvalue weighted by atomic mass is 9.94. The van der Waals surface area contributed by atoms with Crippen LogP contribution >= 0.6 is 0 Å². The van der Waals surface area contributed by atoms with Gasteiger partial charge in [0.1, 0.15) is 6.33 Å². The molecule has 0 bridgehead atoms. The van der Waals surface area contributed by atoms with Gasteiger partial charge in [0.2, 0.25) is 5.91 Å².